The number of ether oxygens (including phenoxy) is 1. The van der Waals surface area contributed by atoms with Crippen molar-refractivity contribution in [2.75, 3.05) is 11.9 Å². The molecule has 0 radical (unpaired) electrons. The van der Waals surface area contributed by atoms with E-state index in [0.29, 0.717) is 23.3 Å². The second-order valence-electron chi connectivity index (χ2n) is 6.27. The zero-order valence-electron chi connectivity index (χ0n) is 15.7. The molecule has 0 spiro atoms. The highest BCUT2D eigenvalue weighted by Gasteiger charge is 2.18. The fourth-order valence-corrected chi connectivity index (χ4v) is 4.17. The van der Waals surface area contributed by atoms with E-state index in [4.69, 9.17) is 16.3 Å². The van der Waals surface area contributed by atoms with Crippen LogP contribution in [0.3, 0.4) is 0 Å². The number of carbonyl (C=O) groups excluding carboxylic acids is 1. The zero-order valence-corrected chi connectivity index (χ0v) is 17.3. The van der Waals surface area contributed by atoms with Gasteiger partial charge in [-0.25, -0.2) is 9.97 Å². The molecule has 2 heterocycles. The maximum atomic E-state index is 12.0. The molecule has 1 N–H and O–H groups in total. The summed E-state index contributed by atoms with van der Waals surface area (Å²) < 4.78 is 5.05. The summed E-state index contributed by atoms with van der Waals surface area (Å²) in [7, 11) is 0. The van der Waals surface area contributed by atoms with E-state index in [-0.39, 0.29) is 12.4 Å². The Bertz CT molecular complexity index is 1160. The number of esters is 1. The predicted molar refractivity (Wildman–Crippen MR) is 118 cm³/mol. The Morgan fingerprint density at radius 2 is 1.86 bits per heavy atom. The molecule has 0 aliphatic heterocycles. The molecule has 0 aliphatic carbocycles. The lowest BCUT2D eigenvalue weighted by Crippen LogP contribution is -2.11. The van der Waals surface area contributed by atoms with Crippen molar-refractivity contribution in [1.29, 1.82) is 0 Å². The van der Waals surface area contributed by atoms with Crippen LogP contribution >= 0.6 is 22.9 Å². The summed E-state index contributed by atoms with van der Waals surface area (Å²) in [4.78, 5) is 22.0. The third-order valence-corrected chi connectivity index (χ3v) is 5.50. The van der Waals surface area contributed by atoms with Gasteiger partial charge in [0.05, 0.1) is 22.7 Å². The lowest BCUT2D eigenvalue weighted by molar-refractivity contribution is -0.142. The van der Waals surface area contributed by atoms with Crippen LogP contribution in [0.1, 0.15) is 12.7 Å². The first-order valence-corrected chi connectivity index (χ1v) is 10.4. The maximum absolute atomic E-state index is 12.0. The van der Waals surface area contributed by atoms with Gasteiger partial charge < -0.3 is 10.1 Å². The number of nitrogens with one attached hydrogen (secondary N) is 1. The van der Waals surface area contributed by atoms with E-state index < -0.39 is 0 Å². The molecule has 0 bridgehead atoms. The molecule has 5 nitrogen and oxygen atoms in total. The molecule has 0 amide bonds. The van der Waals surface area contributed by atoms with Crippen molar-refractivity contribution in [3.63, 3.8) is 0 Å². The number of rotatable bonds is 6. The van der Waals surface area contributed by atoms with E-state index in [1.54, 1.807) is 6.92 Å². The van der Waals surface area contributed by atoms with Crippen molar-refractivity contribution in [2.45, 2.75) is 13.3 Å². The highest BCUT2D eigenvalue weighted by Crippen LogP contribution is 2.38. The summed E-state index contributed by atoms with van der Waals surface area (Å²) in [6, 6.07) is 17.5. The van der Waals surface area contributed by atoms with E-state index in [2.05, 4.69) is 20.7 Å². The summed E-state index contributed by atoms with van der Waals surface area (Å²) in [5, 5.41) is 6.87. The molecular weight excluding hydrogens is 406 g/mol. The van der Waals surface area contributed by atoms with Gasteiger partial charge in [-0.15, -0.1) is 11.3 Å². The molecule has 2 aromatic heterocycles. The molecule has 29 heavy (non-hydrogen) atoms. The number of anilines is 2. The fourth-order valence-electron chi connectivity index (χ4n) is 3.02. The molecule has 0 aliphatic rings. The second-order valence-corrected chi connectivity index (χ2v) is 7.54. The van der Waals surface area contributed by atoms with Crippen molar-refractivity contribution in [2.24, 2.45) is 0 Å². The van der Waals surface area contributed by atoms with Crippen LogP contribution in [0.5, 0.6) is 0 Å². The SMILES string of the molecule is CCOC(=O)Cc1nc(Nc2ccccc2Cl)c2c(-c3ccccc3)csc2n1. The molecule has 146 valence electrons. The van der Waals surface area contributed by atoms with Crippen molar-refractivity contribution < 1.29 is 9.53 Å². The predicted octanol–water partition coefficient (Wildman–Crippen LogP) is 5.86. The molecular formula is C22H18ClN3O2S. The molecule has 0 unspecified atom stereocenters. The first kappa shape index (κ1) is 19.4. The smallest absolute Gasteiger partial charge is 0.313 e. The minimum Gasteiger partial charge on any atom is -0.466 e. The van der Waals surface area contributed by atoms with Crippen LogP contribution in [-0.2, 0) is 16.0 Å². The number of benzene rings is 2. The van der Waals surface area contributed by atoms with Gasteiger partial charge in [0.25, 0.3) is 0 Å². The van der Waals surface area contributed by atoms with Crippen LogP contribution < -0.4 is 5.32 Å². The third-order valence-electron chi connectivity index (χ3n) is 4.30. The fraction of sp³-hybridized carbons (Fsp3) is 0.136. The van der Waals surface area contributed by atoms with Gasteiger partial charge in [0.2, 0.25) is 0 Å². The Morgan fingerprint density at radius 1 is 1.10 bits per heavy atom. The Balaban J connectivity index is 1.84. The molecule has 4 aromatic rings. The summed E-state index contributed by atoms with van der Waals surface area (Å²) in [5.74, 6) is 0.671. The first-order chi connectivity index (χ1) is 14.2. The van der Waals surface area contributed by atoms with Crippen LogP contribution in [0.2, 0.25) is 5.02 Å². The maximum Gasteiger partial charge on any atom is 0.313 e. The van der Waals surface area contributed by atoms with Crippen LogP contribution in [0.15, 0.2) is 60.0 Å². The number of fused-ring (bicyclic) bond motifs is 1. The number of hydrogen-bond acceptors (Lipinski definition) is 6. The van der Waals surface area contributed by atoms with Gasteiger partial charge >= 0.3 is 5.97 Å². The number of nitrogens with zero attached hydrogens (tertiary/aromatic N) is 2. The van der Waals surface area contributed by atoms with E-state index in [9.17, 15) is 4.79 Å². The average molecular weight is 424 g/mol. The lowest BCUT2D eigenvalue weighted by Gasteiger charge is -2.12. The van der Waals surface area contributed by atoms with Gasteiger partial charge in [0, 0.05) is 10.9 Å². The standard InChI is InChI=1S/C22H18ClN3O2S/c1-2-28-19(27)12-18-25-21(24-17-11-7-6-10-16(17)23)20-15(13-29-22(20)26-18)14-8-4-3-5-9-14/h3-11,13H,2,12H2,1H3,(H,24,25,26). The number of halogens is 1. The molecule has 7 heteroatoms. The van der Waals surface area contributed by atoms with Crippen LogP contribution in [-0.4, -0.2) is 22.5 Å². The lowest BCUT2D eigenvalue weighted by atomic mass is 10.1. The average Bonchev–Trinajstić information content (AvgIpc) is 3.15. The molecule has 0 atom stereocenters. The molecule has 0 saturated carbocycles. The largest absolute Gasteiger partial charge is 0.466 e. The minimum atomic E-state index is -0.351. The summed E-state index contributed by atoms with van der Waals surface area (Å²) in [6.45, 7) is 2.10. The molecule has 4 rings (SSSR count). The number of carbonyl (C=O) groups is 1. The first-order valence-electron chi connectivity index (χ1n) is 9.16. The van der Waals surface area contributed by atoms with Crippen molar-refractivity contribution >= 4 is 50.6 Å². The Kier molecular flexibility index (Phi) is 5.74. The van der Waals surface area contributed by atoms with Gasteiger partial charge in [-0.1, -0.05) is 54.1 Å². The monoisotopic (exact) mass is 423 g/mol. The number of hydrogen-bond donors (Lipinski definition) is 1. The molecule has 0 fully saturated rings. The van der Waals surface area contributed by atoms with E-state index in [0.717, 1.165) is 27.0 Å². The summed E-state index contributed by atoms with van der Waals surface area (Å²) in [5.41, 5.74) is 2.84. The number of thiophene rings is 1. The third kappa shape index (κ3) is 4.23. The van der Waals surface area contributed by atoms with Crippen molar-refractivity contribution in [1.82, 2.24) is 9.97 Å². The minimum absolute atomic E-state index is 0.0134. The van der Waals surface area contributed by atoms with Crippen LogP contribution in [0, 0.1) is 0 Å². The molecule has 2 aromatic carbocycles. The Labute approximate surface area is 177 Å². The number of para-hydroxylation sites is 1. The van der Waals surface area contributed by atoms with Gasteiger partial charge in [0.15, 0.2) is 0 Å². The van der Waals surface area contributed by atoms with Gasteiger partial charge in [-0.05, 0) is 24.6 Å². The Hall–Kier alpha value is -2.96. The van der Waals surface area contributed by atoms with E-state index >= 15 is 0 Å². The summed E-state index contributed by atoms with van der Waals surface area (Å²) >= 11 is 7.86. The summed E-state index contributed by atoms with van der Waals surface area (Å²) in [6.07, 6.45) is 0.0134. The highest BCUT2D eigenvalue weighted by molar-refractivity contribution is 7.17. The number of aromatic nitrogens is 2. The topological polar surface area (TPSA) is 64.1 Å². The normalized spacial score (nSPS) is 10.8. The van der Waals surface area contributed by atoms with Gasteiger partial charge in [-0.3, -0.25) is 4.79 Å². The zero-order chi connectivity index (χ0) is 20.2. The van der Waals surface area contributed by atoms with Crippen LogP contribution in [0.4, 0.5) is 11.5 Å². The van der Waals surface area contributed by atoms with E-state index in [1.807, 2.05) is 54.6 Å². The molecule has 0 saturated heterocycles. The van der Waals surface area contributed by atoms with Crippen molar-refractivity contribution in [3.05, 3.63) is 70.8 Å². The van der Waals surface area contributed by atoms with Crippen molar-refractivity contribution in [3.8, 4) is 11.1 Å². The van der Waals surface area contributed by atoms with Gasteiger partial charge in [0.1, 0.15) is 22.9 Å². The van der Waals surface area contributed by atoms with Crippen LogP contribution in [0.25, 0.3) is 21.3 Å². The highest BCUT2D eigenvalue weighted by atomic mass is 35.5. The second kappa shape index (κ2) is 8.59. The van der Waals surface area contributed by atoms with Gasteiger partial charge in [-0.2, -0.15) is 0 Å². The van der Waals surface area contributed by atoms with E-state index in [1.165, 1.54) is 11.3 Å². The Morgan fingerprint density at radius 3 is 2.62 bits per heavy atom. The quantitative estimate of drug-likeness (QED) is 0.393.